The van der Waals surface area contributed by atoms with E-state index in [0.29, 0.717) is 37.2 Å². The summed E-state index contributed by atoms with van der Waals surface area (Å²) >= 11 is 7.54. The van der Waals surface area contributed by atoms with Gasteiger partial charge in [0.1, 0.15) is 22.3 Å². The number of carbonyl (C=O) groups excluding carboxylic acids is 1. The number of aromatic nitrogens is 3. The molecule has 2 unspecified atom stereocenters. The first-order valence-electron chi connectivity index (χ1n) is 11.2. The first-order valence-corrected chi connectivity index (χ1v) is 12.8. The molecular formula is C22H27ClFN5O3S. The summed E-state index contributed by atoms with van der Waals surface area (Å²) in [6.07, 6.45) is 3.12. The highest BCUT2D eigenvalue weighted by molar-refractivity contribution is 7.98. The van der Waals surface area contributed by atoms with E-state index in [-0.39, 0.29) is 45.6 Å². The number of carbonyl (C=O) groups is 1. The Labute approximate surface area is 200 Å². The van der Waals surface area contributed by atoms with Crippen molar-refractivity contribution in [3.05, 3.63) is 21.3 Å². The molecule has 2 saturated heterocycles. The van der Waals surface area contributed by atoms with Crippen LogP contribution in [-0.2, 0) is 4.74 Å². The molecule has 0 aromatic carbocycles. The number of nitrogens with zero attached hydrogens (tertiary/aromatic N) is 5. The molecule has 4 heterocycles. The van der Waals surface area contributed by atoms with Gasteiger partial charge in [-0.25, -0.2) is 19.2 Å². The summed E-state index contributed by atoms with van der Waals surface area (Å²) in [7, 11) is 0. The molecule has 1 saturated carbocycles. The molecule has 0 N–H and O–H groups in total. The van der Waals surface area contributed by atoms with E-state index in [2.05, 4.69) is 9.97 Å². The van der Waals surface area contributed by atoms with Crippen LogP contribution in [0.1, 0.15) is 39.7 Å². The average molecular weight is 496 g/mol. The van der Waals surface area contributed by atoms with Gasteiger partial charge in [0.25, 0.3) is 5.56 Å². The van der Waals surface area contributed by atoms with Crippen LogP contribution in [0.5, 0.6) is 0 Å². The quantitative estimate of drug-likeness (QED) is 0.362. The van der Waals surface area contributed by atoms with Crippen LogP contribution in [0.25, 0.3) is 10.9 Å². The van der Waals surface area contributed by atoms with Crippen molar-refractivity contribution in [1.82, 2.24) is 19.4 Å². The number of halogens is 2. The Morgan fingerprint density at radius 1 is 1.15 bits per heavy atom. The normalized spacial score (nSPS) is 22.8. The Hall–Kier alpha value is -2.07. The van der Waals surface area contributed by atoms with Gasteiger partial charge in [0.2, 0.25) is 0 Å². The average Bonchev–Trinajstić information content (AvgIpc) is 3.36. The van der Waals surface area contributed by atoms with E-state index in [1.54, 1.807) is 4.90 Å². The van der Waals surface area contributed by atoms with Gasteiger partial charge in [0, 0.05) is 44.1 Å². The number of anilines is 1. The van der Waals surface area contributed by atoms with Gasteiger partial charge in [0.05, 0.1) is 0 Å². The number of rotatable bonds is 3. The molecule has 2 aliphatic heterocycles. The molecule has 0 spiro atoms. The van der Waals surface area contributed by atoms with E-state index in [4.69, 9.17) is 16.3 Å². The highest BCUT2D eigenvalue weighted by Crippen LogP contribution is 2.40. The van der Waals surface area contributed by atoms with Gasteiger partial charge in [0.15, 0.2) is 16.1 Å². The van der Waals surface area contributed by atoms with E-state index in [1.807, 2.05) is 31.9 Å². The minimum atomic E-state index is -0.674. The predicted molar refractivity (Wildman–Crippen MR) is 126 cm³/mol. The van der Waals surface area contributed by atoms with Gasteiger partial charge in [-0.2, -0.15) is 0 Å². The predicted octanol–water partition coefficient (Wildman–Crippen LogP) is 3.94. The first-order chi connectivity index (χ1) is 15.6. The van der Waals surface area contributed by atoms with Gasteiger partial charge in [-0.05, 0) is 39.9 Å². The summed E-state index contributed by atoms with van der Waals surface area (Å²) in [6.45, 7) is 7.97. The summed E-state index contributed by atoms with van der Waals surface area (Å²) in [5.41, 5.74) is -0.903. The van der Waals surface area contributed by atoms with Crippen molar-refractivity contribution in [2.24, 2.45) is 11.8 Å². The summed E-state index contributed by atoms with van der Waals surface area (Å²) in [5, 5.41) is 0.395. The Morgan fingerprint density at radius 2 is 1.79 bits per heavy atom. The van der Waals surface area contributed by atoms with Crippen LogP contribution in [0.3, 0.4) is 0 Å². The standard InChI is InChI=1S/C22H27ClFN5O3S/c1-22(2,3)32-21(31)28-9-11-7-27(8-12(11)10-28)18-14-16(25-20(26-18)33-4)15(24)17(23)29(19(14)30)13-5-6-13/h11-13H,5-10H2,1-4H3. The van der Waals surface area contributed by atoms with Crippen LogP contribution >= 0.6 is 23.4 Å². The third-order valence-electron chi connectivity index (χ3n) is 6.43. The Balaban J connectivity index is 1.48. The van der Waals surface area contributed by atoms with Crippen LogP contribution in [-0.4, -0.2) is 63.6 Å². The first kappa shape index (κ1) is 22.7. The van der Waals surface area contributed by atoms with Crippen LogP contribution < -0.4 is 10.5 Å². The molecular weight excluding hydrogens is 469 g/mol. The maximum Gasteiger partial charge on any atom is 0.410 e. The number of fused-ring (bicyclic) bond motifs is 2. The van der Waals surface area contributed by atoms with E-state index in [1.165, 1.54) is 16.3 Å². The second-order valence-corrected chi connectivity index (χ2v) is 11.2. The lowest BCUT2D eigenvalue weighted by molar-refractivity contribution is 0.0282. The van der Waals surface area contributed by atoms with Gasteiger partial charge in [-0.15, -0.1) is 0 Å². The molecule has 1 amide bonds. The van der Waals surface area contributed by atoms with Crippen LogP contribution in [0.15, 0.2) is 9.95 Å². The highest BCUT2D eigenvalue weighted by Gasteiger charge is 2.44. The number of thioether (sulfide) groups is 1. The van der Waals surface area contributed by atoms with Gasteiger partial charge >= 0.3 is 6.09 Å². The SMILES string of the molecule is CSc1nc(N2CC3CN(C(=O)OC(C)(C)C)CC3C2)c2c(=O)n(C3CC3)c(Cl)c(F)c2n1. The van der Waals surface area contributed by atoms with E-state index in [0.717, 1.165) is 12.8 Å². The zero-order valence-corrected chi connectivity index (χ0v) is 20.7. The molecule has 11 heteroatoms. The maximum atomic E-state index is 15.2. The minimum Gasteiger partial charge on any atom is -0.444 e. The van der Waals surface area contributed by atoms with Crippen LogP contribution in [0.2, 0.25) is 5.15 Å². The molecule has 2 aromatic rings. The molecule has 8 nitrogen and oxygen atoms in total. The van der Waals surface area contributed by atoms with E-state index >= 15 is 4.39 Å². The second-order valence-electron chi connectivity index (χ2n) is 10.1. The Kier molecular flexibility index (Phi) is 5.51. The zero-order valence-electron chi connectivity index (χ0n) is 19.1. The van der Waals surface area contributed by atoms with Gasteiger partial charge in [-0.3, -0.25) is 9.36 Å². The van der Waals surface area contributed by atoms with Crippen molar-refractivity contribution in [3.63, 3.8) is 0 Å². The number of ether oxygens (including phenoxy) is 1. The molecule has 33 heavy (non-hydrogen) atoms. The van der Waals surface area contributed by atoms with E-state index < -0.39 is 11.4 Å². The maximum absolute atomic E-state index is 15.2. The molecule has 0 radical (unpaired) electrons. The molecule has 1 aliphatic carbocycles. The minimum absolute atomic E-state index is 0.0244. The molecule has 5 rings (SSSR count). The number of likely N-dealkylation sites (tertiary alicyclic amines) is 1. The second kappa shape index (κ2) is 8.01. The van der Waals surface area contributed by atoms with E-state index in [9.17, 15) is 9.59 Å². The summed E-state index contributed by atoms with van der Waals surface area (Å²) in [4.78, 5) is 38.6. The molecule has 0 bridgehead atoms. The summed E-state index contributed by atoms with van der Waals surface area (Å²) in [6, 6.07) is -0.0719. The fourth-order valence-electron chi connectivity index (χ4n) is 4.82. The van der Waals surface area contributed by atoms with Crippen molar-refractivity contribution in [3.8, 4) is 0 Å². The molecule has 2 atom stereocenters. The van der Waals surface area contributed by atoms with Crippen molar-refractivity contribution in [1.29, 1.82) is 0 Å². The summed E-state index contributed by atoms with van der Waals surface area (Å²) < 4.78 is 22.1. The van der Waals surface area contributed by atoms with Gasteiger partial charge in [-0.1, -0.05) is 23.4 Å². The third kappa shape index (κ3) is 4.05. The number of hydrogen-bond donors (Lipinski definition) is 0. The fraction of sp³-hybridized carbons (Fsp3) is 0.636. The van der Waals surface area contributed by atoms with Crippen LogP contribution in [0.4, 0.5) is 15.0 Å². The molecule has 2 aromatic heterocycles. The zero-order chi connectivity index (χ0) is 23.7. The van der Waals surface area contributed by atoms with Gasteiger partial charge < -0.3 is 14.5 Å². The molecule has 3 aliphatic rings. The molecule has 3 fully saturated rings. The smallest absolute Gasteiger partial charge is 0.410 e. The monoisotopic (exact) mass is 495 g/mol. The number of hydrogen-bond acceptors (Lipinski definition) is 7. The topological polar surface area (TPSA) is 80.6 Å². The highest BCUT2D eigenvalue weighted by atomic mass is 35.5. The van der Waals surface area contributed by atoms with Crippen molar-refractivity contribution < 1.29 is 13.9 Å². The van der Waals surface area contributed by atoms with Crippen molar-refractivity contribution in [2.45, 2.75) is 50.4 Å². The lowest BCUT2D eigenvalue weighted by Gasteiger charge is -2.26. The van der Waals surface area contributed by atoms with Crippen molar-refractivity contribution >= 4 is 46.2 Å². The molecule has 178 valence electrons. The fourth-order valence-corrected chi connectivity index (χ4v) is 5.48. The number of pyridine rings is 1. The lowest BCUT2D eigenvalue weighted by atomic mass is 10.0. The Morgan fingerprint density at radius 3 is 2.33 bits per heavy atom. The Bertz CT molecular complexity index is 1180. The number of amides is 1. The van der Waals surface area contributed by atoms with Crippen LogP contribution in [0, 0.1) is 17.7 Å². The summed E-state index contributed by atoms with van der Waals surface area (Å²) in [5.74, 6) is 0.233. The largest absolute Gasteiger partial charge is 0.444 e. The lowest BCUT2D eigenvalue weighted by Crippen LogP contribution is -2.38. The van der Waals surface area contributed by atoms with Crippen molar-refractivity contribution in [2.75, 3.05) is 37.3 Å². The third-order valence-corrected chi connectivity index (χ3v) is 7.33.